The van der Waals surface area contributed by atoms with Crippen molar-refractivity contribution in [1.82, 2.24) is 15.0 Å². The molecule has 1 aliphatic rings. The summed E-state index contributed by atoms with van der Waals surface area (Å²) < 4.78 is 5.31. The predicted molar refractivity (Wildman–Crippen MR) is 70.1 cm³/mol. The summed E-state index contributed by atoms with van der Waals surface area (Å²) in [6, 6.07) is -0.163. The Hall–Kier alpha value is -0.940. The van der Waals surface area contributed by atoms with E-state index in [1.165, 1.54) is 32.1 Å². The molecule has 102 valence electrons. The smallest absolute Gasteiger partial charge is 0.226 e. The second kappa shape index (κ2) is 6.29. The van der Waals surface area contributed by atoms with Gasteiger partial charge in [-0.2, -0.15) is 4.98 Å². The normalized spacial score (nSPS) is 19.3. The fourth-order valence-electron chi connectivity index (χ4n) is 2.61. The van der Waals surface area contributed by atoms with E-state index in [4.69, 9.17) is 10.3 Å². The van der Waals surface area contributed by atoms with Crippen LogP contribution in [-0.4, -0.2) is 35.7 Å². The summed E-state index contributed by atoms with van der Waals surface area (Å²) in [5, 5.41) is 4.00. The highest BCUT2D eigenvalue weighted by Gasteiger charge is 2.19. The van der Waals surface area contributed by atoms with Crippen LogP contribution in [0.1, 0.15) is 49.9 Å². The van der Waals surface area contributed by atoms with Crippen LogP contribution >= 0.6 is 0 Å². The zero-order valence-corrected chi connectivity index (χ0v) is 11.4. The van der Waals surface area contributed by atoms with Crippen molar-refractivity contribution in [3.05, 3.63) is 11.7 Å². The lowest BCUT2D eigenvalue weighted by Gasteiger charge is -2.19. The standard InChI is InChI=1S/C13H24N4O/c1-17(2)9-11(14)13-15-12(18-16-13)8-10-6-4-3-5-7-10/h10-11H,3-9,14H2,1-2H3. The Bertz CT molecular complexity index is 358. The van der Waals surface area contributed by atoms with E-state index in [0.717, 1.165) is 24.8 Å². The molecule has 0 radical (unpaired) electrons. The van der Waals surface area contributed by atoms with Gasteiger partial charge in [0.05, 0.1) is 6.04 Å². The molecule has 18 heavy (non-hydrogen) atoms. The van der Waals surface area contributed by atoms with Crippen molar-refractivity contribution in [2.24, 2.45) is 11.7 Å². The molecule has 0 bridgehead atoms. The van der Waals surface area contributed by atoms with E-state index >= 15 is 0 Å². The highest BCUT2D eigenvalue weighted by molar-refractivity contribution is 4.95. The van der Waals surface area contributed by atoms with Crippen molar-refractivity contribution < 1.29 is 4.52 Å². The van der Waals surface area contributed by atoms with Crippen molar-refractivity contribution in [2.75, 3.05) is 20.6 Å². The van der Waals surface area contributed by atoms with E-state index in [0.29, 0.717) is 5.82 Å². The molecule has 1 aliphatic carbocycles. The predicted octanol–water partition coefficient (Wildman–Crippen LogP) is 1.75. The molecule has 2 N–H and O–H groups in total. The molecular formula is C13H24N4O. The van der Waals surface area contributed by atoms with E-state index < -0.39 is 0 Å². The topological polar surface area (TPSA) is 68.2 Å². The summed E-state index contributed by atoms with van der Waals surface area (Å²) in [6.07, 6.45) is 7.56. The molecular weight excluding hydrogens is 228 g/mol. The number of nitrogens with two attached hydrogens (primary N) is 1. The Morgan fingerprint density at radius 2 is 2.06 bits per heavy atom. The molecule has 1 atom stereocenters. The lowest BCUT2D eigenvalue weighted by atomic mass is 9.87. The maximum atomic E-state index is 6.02. The molecule has 0 amide bonds. The van der Waals surface area contributed by atoms with Crippen molar-refractivity contribution in [2.45, 2.75) is 44.6 Å². The number of rotatable bonds is 5. The number of likely N-dealkylation sites (N-methyl/N-ethyl adjacent to an activating group) is 1. The van der Waals surface area contributed by atoms with Crippen molar-refractivity contribution in [1.29, 1.82) is 0 Å². The molecule has 0 saturated heterocycles. The molecule has 1 saturated carbocycles. The first-order chi connectivity index (χ1) is 8.65. The maximum Gasteiger partial charge on any atom is 0.226 e. The van der Waals surface area contributed by atoms with Gasteiger partial charge in [-0.05, 0) is 32.9 Å². The van der Waals surface area contributed by atoms with Crippen LogP contribution in [0, 0.1) is 5.92 Å². The largest absolute Gasteiger partial charge is 0.339 e. The van der Waals surface area contributed by atoms with E-state index in [9.17, 15) is 0 Å². The fraction of sp³-hybridized carbons (Fsp3) is 0.846. The molecule has 1 aromatic rings. The van der Waals surface area contributed by atoms with E-state index in [1.54, 1.807) is 0 Å². The van der Waals surface area contributed by atoms with Crippen molar-refractivity contribution >= 4 is 0 Å². The second-order valence-electron chi connectivity index (χ2n) is 5.62. The van der Waals surface area contributed by atoms with Gasteiger partial charge in [-0.15, -0.1) is 0 Å². The van der Waals surface area contributed by atoms with Gasteiger partial charge >= 0.3 is 0 Å². The van der Waals surface area contributed by atoms with Gasteiger partial charge in [0, 0.05) is 13.0 Å². The zero-order valence-electron chi connectivity index (χ0n) is 11.4. The highest BCUT2D eigenvalue weighted by Crippen LogP contribution is 2.26. The first-order valence-electron chi connectivity index (χ1n) is 6.88. The van der Waals surface area contributed by atoms with Crippen LogP contribution in [0.25, 0.3) is 0 Å². The van der Waals surface area contributed by atoms with Gasteiger partial charge in [-0.25, -0.2) is 0 Å². The summed E-state index contributed by atoms with van der Waals surface area (Å²) in [5.41, 5.74) is 6.02. The third kappa shape index (κ3) is 3.78. The molecule has 1 aromatic heterocycles. The van der Waals surface area contributed by atoms with Crippen molar-refractivity contribution in [3.8, 4) is 0 Å². The SMILES string of the molecule is CN(C)CC(N)c1noc(CC2CCCCC2)n1. The van der Waals surface area contributed by atoms with Gasteiger partial charge in [-0.1, -0.05) is 24.4 Å². The van der Waals surface area contributed by atoms with E-state index in [1.807, 2.05) is 19.0 Å². The van der Waals surface area contributed by atoms with Crippen LogP contribution in [0.5, 0.6) is 0 Å². The third-order valence-electron chi connectivity index (χ3n) is 3.57. The lowest BCUT2D eigenvalue weighted by molar-refractivity contribution is 0.301. The average Bonchev–Trinajstić information content (AvgIpc) is 2.78. The monoisotopic (exact) mass is 252 g/mol. The van der Waals surface area contributed by atoms with Crippen LogP contribution < -0.4 is 5.73 Å². The van der Waals surface area contributed by atoms with Gasteiger partial charge in [0.25, 0.3) is 0 Å². The minimum atomic E-state index is -0.163. The molecule has 5 heteroatoms. The lowest BCUT2D eigenvalue weighted by Crippen LogP contribution is -2.26. The zero-order chi connectivity index (χ0) is 13.0. The van der Waals surface area contributed by atoms with Crippen LogP contribution in [0.4, 0.5) is 0 Å². The fourth-order valence-corrected chi connectivity index (χ4v) is 2.61. The van der Waals surface area contributed by atoms with Gasteiger partial charge in [0.1, 0.15) is 0 Å². The molecule has 2 rings (SSSR count). The van der Waals surface area contributed by atoms with E-state index in [2.05, 4.69) is 10.1 Å². The van der Waals surface area contributed by atoms with Crippen LogP contribution in [0.2, 0.25) is 0 Å². The summed E-state index contributed by atoms with van der Waals surface area (Å²) >= 11 is 0. The molecule has 1 fully saturated rings. The van der Waals surface area contributed by atoms with Gasteiger partial charge < -0.3 is 15.2 Å². The van der Waals surface area contributed by atoms with E-state index in [-0.39, 0.29) is 6.04 Å². The average molecular weight is 252 g/mol. The summed E-state index contributed by atoms with van der Waals surface area (Å²) in [7, 11) is 3.98. The number of hydrogen-bond acceptors (Lipinski definition) is 5. The third-order valence-corrected chi connectivity index (χ3v) is 3.57. The molecule has 0 spiro atoms. The molecule has 5 nitrogen and oxygen atoms in total. The molecule has 0 aliphatic heterocycles. The minimum absolute atomic E-state index is 0.163. The quantitative estimate of drug-likeness (QED) is 0.864. The Morgan fingerprint density at radius 3 is 2.72 bits per heavy atom. The van der Waals surface area contributed by atoms with Crippen LogP contribution in [-0.2, 0) is 6.42 Å². The first kappa shape index (κ1) is 13.5. The highest BCUT2D eigenvalue weighted by atomic mass is 16.5. The Balaban J connectivity index is 1.88. The summed E-state index contributed by atoms with van der Waals surface area (Å²) in [6.45, 7) is 0.738. The summed E-state index contributed by atoms with van der Waals surface area (Å²) in [4.78, 5) is 6.46. The molecule has 1 unspecified atom stereocenters. The van der Waals surface area contributed by atoms with Crippen LogP contribution in [0.15, 0.2) is 4.52 Å². The maximum absolute atomic E-state index is 6.02. The Labute approximate surface area is 109 Å². The number of nitrogens with zero attached hydrogens (tertiary/aromatic N) is 3. The molecule has 0 aromatic carbocycles. The van der Waals surface area contributed by atoms with Gasteiger partial charge in [0.15, 0.2) is 5.82 Å². The second-order valence-corrected chi connectivity index (χ2v) is 5.62. The molecule has 1 heterocycles. The summed E-state index contributed by atoms with van der Waals surface area (Å²) in [5.74, 6) is 2.11. The van der Waals surface area contributed by atoms with Crippen molar-refractivity contribution in [3.63, 3.8) is 0 Å². The van der Waals surface area contributed by atoms with Crippen LogP contribution in [0.3, 0.4) is 0 Å². The Kier molecular flexibility index (Phi) is 4.72. The van der Waals surface area contributed by atoms with Gasteiger partial charge in [0.2, 0.25) is 5.89 Å². The number of aromatic nitrogens is 2. The first-order valence-corrected chi connectivity index (χ1v) is 6.88. The van der Waals surface area contributed by atoms with Gasteiger partial charge in [-0.3, -0.25) is 0 Å². The number of hydrogen-bond donors (Lipinski definition) is 1. The Morgan fingerprint density at radius 1 is 1.33 bits per heavy atom. The minimum Gasteiger partial charge on any atom is -0.339 e.